The van der Waals surface area contributed by atoms with Gasteiger partial charge in [-0.05, 0) is 19.3 Å². The molecular weight excluding hydrogens is 518 g/mol. The van der Waals surface area contributed by atoms with Crippen LogP contribution in [0.1, 0.15) is 46.0 Å². The van der Waals surface area contributed by atoms with E-state index in [4.69, 9.17) is 16.2 Å². The standard InChI is InChI=1S/C28H51F2N8O2/c1-4-6-20(5-2)38-18-19(29)17-35(3)28(38)24(26(31)32)27(39)34-23-16-33-15-22(30)25(23)37-9-7-21(8-10-37)36-11-13-40-14-12-36/h17,19,21-26,28,33H,4-16,18,31-32H2,1-3H3/q+1/p+1. The lowest BCUT2D eigenvalue weighted by molar-refractivity contribution is -0.783. The summed E-state index contributed by atoms with van der Waals surface area (Å²) in [7, 11) is 1.77. The number of alkyl halides is 2. The minimum atomic E-state index is -1.16. The van der Waals surface area contributed by atoms with Crippen molar-refractivity contribution in [1.29, 1.82) is 0 Å². The molecule has 1 amide bonds. The molecule has 0 bridgehead atoms. The fraction of sp³-hybridized carbons (Fsp3) is 0.893. The third-order valence-corrected chi connectivity index (χ3v) is 9.19. The van der Waals surface area contributed by atoms with E-state index in [1.54, 1.807) is 11.6 Å². The van der Waals surface area contributed by atoms with Crippen LogP contribution in [0.4, 0.5) is 8.78 Å². The molecule has 3 fully saturated rings. The summed E-state index contributed by atoms with van der Waals surface area (Å²) in [6.45, 7) is 10.0. The van der Waals surface area contributed by atoms with E-state index in [1.807, 2.05) is 11.5 Å². The van der Waals surface area contributed by atoms with Crippen LogP contribution < -0.4 is 22.1 Å². The summed E-state index contributed by atoms with van der Waals surface area (Å²) in [5.41, 5.74) is 13.6. The van der Waals surface area contributed by atoms with Crippen molar-refractivity contribution in [2.24, 2.45) is 17.4 Å². The van der Waals surface area contributed by atoms with Gasteiger partial charge in [-0.1, -0.05) is 13.8 Å². The number of hydrogen-bond acceptors (Lipinski definition) is 7. The zero-order valence-corrected chi connectivity index (χ0v) is 24.6. The molecule has 0 radical (unpaired) electrons. The van der Waals surface area contributed by atoms with Crippen LogP contribution >= 0.6 is 0 Å². The van der Waals surface area contributed by atoms with Gasteiger partial charge in [0.05, 0.1) is 31.5 Å². The number of likely N-dealkylation sites (tertiary alicyclic amines) is 1. The minimum absolute atomic E-state index is 0.160. The smallest absolute Gasteiger partial charge is 0.357 e. The van der Waals surface area contributed by atoms with E-state index in [0.29, 0.717) is 12.6 Å². The number of halogens is 2. The molecule has 228 valence electrons. The molecule has 0 aliphatic carbocycles. The first kappa shape index (κ1) is 31.4. The molecule has 40 heavy (non-hydrogen) atoms. The van der Waals surface area contributed by atoms with E-state index >= 15 is 4.39 Å². The zero-order valence-electron chi connectivity index (χ0n) is 24.6. The third-order valence-electron chi connectivity index (χ3n) is 9.19. The largest absolute Gasteiger partial charge is 0.379 e. The number of morpholine rings is 1. The lowest BCUT2D eigenvalue weighted by Gasteiger charge is -2.47. The molecule has 12 heteroatoms. The quantitative estimate of drug-likeness (QED) is 0.218. The van der Waals surface area contributed by atoms with Crippen molar-refractivity contribution in [1.82, 2.24) is 20.4 Å². The Morgan fingerprint density at radius 1 is 1.12 bits per heavy atom. The fourth-order valence-electron chi connectivity index (χ4n) is 7.25. The Hall–Kier alpha value is -1.57. The second-order valence-electron chi connectivity index (χ2n) is 11.9. The Morgan fingerprint density at radius 3 is 2.45 bits per heavy atom. The maximum atomic E-state index is 15.5. The molecule has 4 aliphatic heterocycles. The van der Waals surface area contributed by atoms with E-state index in [9.17, 15) is 9.18 Å². The number of nitrogens with one attached hydrogen (secondary N) is 2. The van der Waals surface area contributed by atoms with Gasteiger partial charge in [0.2, 0.25) is 12.1 Å². The van der Waals surface area contributed by atoms with Gasteiger partial charge in [0.25, 0.3) is 0 Å². The maximum absolute atomic E-state index is 15.5. The highest BCUT2D eigenvalue weighted by Gasteiger charge is 2.51. The van der Waals surface area contributed by atoms with Gasteiger partial charge >= 0.3 is 6.17 Å². The van der Waals surface area contributed by atoms with E-state index in [1.165, 1.54) is 6.21 Å². The van der Waals surface area contributed by atoms with E-state index in [0.717, 1.165) is 77.2 Å². The van der Waals surface area contributed by atoms with E-state index in [-0.39, 0.29) is 19.0 Å². The first-order valence-electron chi connectivity index (χ1n) is 15.3. The van der Waals surface area contributed by atoms with Crippen LogP contribution in [0.2, 0.25) is 0 Å². The van der Waals surface area contributed by atoms with Gasteiger partial charge in [0.1, 0.15) is 13.2 Å². The number of piperidine rings is 2. The molecule has 4 aliphatic rings. The zero-order chi connectivity index (χ0) is 28.8. The lowest BCUT2D eigenvalue weighted by atomic mass is 9.91. The Kier molecular flexibility index (Phi) is 11.4. The maximum Gasteiger partial charge on any atom is 0.357 e. The Labute approximate surface area is 238 Å². The molecule has 4 rings (SSSR count). The summed E-state index contributed by atoms with van der Waals surface area (Å²) in [5.74, 6) is -1.15. The highest BCUT2D eigenvalue weighted by atomic mass is 19.1. The minimum Gasteiger partial charge on any atom is -0.379 e. The summed E-state index contributed by atoms with van der Waals surface area (Å²) in [5, 5.41) is 6.30. The molecule has 0 aromatic carbocycles. The number of nitrogens with zero attached hydrogens (tertiary/aromatic N) is 4. The van der Waals surface area contributed by atoms with Gasteiger partial charge in [-0.2, -0.15) is 9.15 Å². The second kappa shape index (κ2) is 14.6. The fourth-order valence-corrected chi connectivity index (χ4v) is 7.25. The Bertz CT molecular complexity index is 905. The lowest BCUT2D eigenvalue weighted by Crippen LogP contribution is -2.68. The highest BCUT2D eigenvalue weighted by molar-refractivity contribution is 5.82. The van der Waals surface area contributed by atoms with Crippen molar-refractivity contribution < 1.29 is 27.5 Å². The summed E-state index contributed by atoms with van der Waals surface area (Å²) in [6, 6.07) is -0.364. The van der Waals surface area contributed by atoms with Crippen LogP contribution in [0.3, 0.4) is 0 Å². The van der Waals surface area contributed by atoms with Gasteiger partial charge in [0.15, 0.2) is 24.4 Å². The van der Waals surface area contributed by atoms with Crippen LogP contribution in [0.25, 0.3) is 0 Å². The molecule has 0 saturated carbocycles. The molecule has 0 aromatic heterocycles. The number of ether oxygens (including phenoxy) is 1. The summed E-state index contributed by atoms with van der Waals surface area (Å²) in [4.78, 5) is 18.7. The number of nitrogens with two attached hydrogens (primary N) is 2. The normalized spacial score (nSPS) is 33.5. The van der Waals surface area contributed by atoms with Crippen molar-refractivity contribution in [3.8, 4) is 0 Å². The predicted octanol–water partition coefficient (Wildman–Crippen LogP) is -0.508. The van der Waals surface area contributed by atoms with Gasteiger partial charge in [-0.3, -0.25) is 14.6 Å². The van der Waals surface area contributed by atoms with E-state index in [2.05, 4.69) is 27.4 Å². The molecule has 6 atom stereocenters. The molecule has 3 saturated heterocycles. The van der Waals surface area contributed by atoms with Gasteiger partial charge in [-0.25, -0.2) is 8.78 Å². The topological polar surface area (TPSA) is 115 Å². The molecular formula is C28H52F2N8O2+2. The molecule has 6 N–H and O–H groups in total. The van der Waals surface area contributed by atoms with Gasteiger partial charge in [0, 0.05) is 58.2 Å². The average Bonchev–Trinajstić information content (AvgIpc) is 2.93. The SMILES string of the molecule is CCCC(CC)=[N+]1CC(F)C=[N+](C)C1C(C(=O)NC1CNCC(F)C1N1CCC(N2CCOCC2)CC1)C(N)N. The highest BCUT2D eigenvalue weighted by Crippen LogP contribution is 2.25. The number of carbonyl (C=O) groups excluding carboxylic acids is 1. The molecule has 0 aromatic rings. The molecule has 4 heterocycles. The van der Waals surface area contributed by atoms with Crippen molar-refractivity contribution in [3.05, 3.63) is 0 Å². The van der Waals surface area contributed by atoms with Crippen LogP contribution in [-0.4, -0.2) is 146 Å². The number of carbonyl (C=O) groups is 1. The Morgan fingerprint density at radius 2 is 1.82 bits per heavy atom. The molecule has 0 spiro atoms. The van der Waals surface area contributed by atoms with Crippen LogP contribution in [-0.2, 0) is 9.53 Å². The molecule has 6 unspecified atom stereocenters. The van der Waals surface area contributed by atoms with Crippen LogP contribution in [0.5, 0.6) is 0 Å². The summed E-state index contributed by atoms with van der Waals surface area (Å²) < 4.78 is 39.4. The van der Waals surface area contributed by atoms with Crippen molar-refractivity contribution in [2.45, 2.75) is 88.8 Å². The molecule has 10 nitrogen and oxygen atoms in total. The second-order valence-corrected chi connectivity index (χ2v) is 11.9. The van der Waals surface area contributed by atoms with E-state index < -0.39 is 42.7 Å². The van der Waals surface area contributed by atoms with Crippen molar-refractivity contribution in [3.63, 3.8) is 0 Å². The number of hydrogen-bond donors (Lipinski definition) is 4. The predicted molar refractivity (Wildman–Crippen MR) is 152 cm³/mol. The Balaban J connectivity index is 1.51. The summed E-state index contributed by atoms with van der Waals surface area (Å²) >= 11 is 0. The first-order chi connectivity index (χ1) is 19.2. The average molecular weight is 571 g/mol. The van der Waals surface area contributed by atoms with Gasteiger partial charge < -0.3 is 26.8 Å². The van der Waals surface area contributed by atoms with Crippen molar-refractivity contribution >= 4 is 17.8 Å². The first-order valence-corrected chi connectivity index (χ1v) is 15.3. The summed E-state index contributed by atoms with van der Waals surface area (Å²) in [6.07, 6.45) is 2.17. The van der Waals surface area contributed by atoms with Crippen molar-refractivity contribution in [2.75, 3.05) is 66.1 Å². The monoisotopic (exact) mass is 570 g/mol. The number of amides is 1. The number of rotatable bonds is 9. The van der Waals surface area contributed by atoms with Crippen LogP contribution in [0.15, 0.2) is 0 Å². The van der Waals surface area contributed by atoms with Gasteiger partial charge in [-0.15, -0.1) is 0 Å². The third kappa shape index (κ3) is 7.25. The van der Waals surface area contributed by atoms with Crippen LogP contribution in [0, 0.1) is 5.92 Å².